The third kappa shape index (κ3) is 5.01. The van der Waals surface area contributed by atoms with Crippen molar-refractivity contribution in [1.29, 1.82) is 0 Å². The van der Waals surface area contributed by atoms with Crippen molar-refractivity contribution in [3.05, 3.63) is 59.7 Å². The van der Waals surface area contributed by atoms with Gasteiger partial charge in [-0.25, -0.2) is 0 Å². The molecule has 1 fully saturated rings. The summed E-state index contributed by atoms with van der Waals surface area (Å²) in [5.74, 6) is 1.54. The molecular weight excluding hydrogens is 342 g/mol. The molecule has 2 aromatic carbocycles. The average Bonchev–Trinajstić information content (AvgIpc) is 3.21. The van der Waals surface area contributed by atoms with E-state index in [1.165, 1.54) is 0 Å². The van der Waals surface area contributed by atoms with E-state index in [0.29, 0.717) is 25.3 Å². The third-order valence-electron chi connectivity index (χ3n) is 4.70. The van der Waals surface area contributed by atoms with E-state index in [2.05, 4.69) is 0 Å². The zero-order valence-electron chi connectivity index (χ0n) is 16.0. The van der Waals surface area contributed by atoms with E-state index < -0.39 is 0 Å². The Balaban J connectivity index is 1.80. The van der Waals surface area contributed by atoms with Gasteiger partial charge in [0.25, 0.3) is 5.91 Å². The van der Waals surface area contributed by atoms with Crippen molar-refractivity contribution in [2.75, 3.05) is 26.9 Å². The minimum Gasteiger partial charge on any atom is -0.496 e. The lowest BCUT2D eigenvalue weighted by molar-refractivity contribution is 0.0505. The first-order valence-electron chi connectivity index (χ1n) is 9.47. The molecule has 1 unspecified atom stereocenters. The molecule has 0 spiro atoms. The molecule has 1 aliphatic rings. The summed E-state index contributed by atoms with van der Waals surface area (Å²) in [5.41, 5.74) is 1.63. The van der Waals surface area contributed by atoms with Gasteiger partial charge in [0.1, 0.15) is 11.5 Å². The van der Waals surface area contributed by atoms with Crippen LogP contribution in [-0.4, -0.2) is 43.8 Å². The Bertz CT molecular complexity index is 738. The van der Waals surface area contributed by atoms with Crippen LogP contribution in [0.3, 0.4) is 0 Å². The van der Waals surface area contributed by atoms with Crippen molar-refractivity contribution in [3.8, 4) is 11.5 Å². The highest BCUT2D eigenvalue weighted by atomic mass is 16.5. The van der Waals surface area contributed by atoms with Crippen LogP contribution in [0.1, 0.15) is 35.7 Å². The third-order valence-corrected chi connectivity index (χ3v) is 4.70. The summed E-state index contributed by atoms with van der Waals surface area (Å²) >= 11 is 0. The van der Waals surface area contributed by atoms with Gasteiger partial charge in [-0.3, -0.25) is 4.79 Å². The van der Waals surface area contributed by atoms with Gasteiger partial charge in [-0.05, 0) is 50.1 Å². The Morgan fingerprint density at radius 2 is 1.96 bits per heavy atom. The smallest absolute Gasteiger partial charge is 0.254 e. The second-order valence-electron chi connectivity index (χ2n) is 6.59. The number of carbonyl (C=O) groups excluding carboxylic acids is 1. The first-order chi connectivity index (χ1) is 13.2. The van der Waals surface area contributed by atoms with Crippen molar-refractivity contribution in [3.63, 3.8) is 0 Å². The number of methoxy groups -OCH3 is 1. The summed E-state index contributed by atoms with van der Waals surface area (Å²) in [4.78, 5) is 15.0. The molecule has 1 heterocycles. The molecule has 0 aromatic heterocycles. The van der Waals surface area contributed by atoms with Gasteiger partial charge in [-0.15, -0.1) is 0 Å². The van der Waals surface area contributed by atoms with Gasteiger partial charge in [0.15, 0.2) is 0 Å². The summed E-state index contributed by atoms with van der Waals surface area (Å²) in [6.07, 6.45) is 2.12. The standard InChI is InChI=1S/C22H27NO4/c1-3-26-19-12-10-17(11-13-19)22(24)23(16-20-8-6-14-27-20)15-18-7-4-5-9-21(18)25-2/h4-5,7,9-13,20H,3,6,8,14-16H2,1-2H3. The van der Waals surface area contributed by atoms with Crippen LogP contribution in [0.2, 0.25) is 0 Å². The molecule has 0 aliphatic carbocycles. The fraction of sp³-hybridized carbons (Fsp3) is 0.409. The van der Waals surface area contributed by atoms with Crippen LogP contribution in [-0.2, 0) is 11.3 Å². The predicted octanol–water partition coefficient (Wildman–Crippen LogP) is 3.92. The van der Waals surface area contributed by atoms with Gasteiger partial charge >= 0.3 is 0 Å². The Hall–Kier alpha value is -2.53. The Kier molecular flexibility index (Phi) is 6.71. The van der Waals surface area contributed by atoms with Crippen molar-refractivity contribution >= 4 is 5.91 Å². The van der Waals surface area contributed by atoms with Gasteiger partial charge in [0.05, 0.1) is 19.8 Å². The monoisotopic (exact) mass is 369 g/mol. The number of rotatable bonds is 8. The van der Waals surface area contributed by atoms with Crippen molar-refractivity contribution in [1.82, 2.24) is 4.90 Å². The summed E-state index contributed by atoms with van der Waals surface area (Å²) in [5, 5.41) is 0. The molecule has 144 valence electrons. The Labute approximate surface area is 160 Å². The van der Waals surface area contributed by atoms with Crippen LogP contribution in [0, 0.1) is 0 Å². The molecule has 5 nitrogen and oxygen atoms in total. The van der Waals surface area contributed by atoms with E-state index in [0.717, 1.165) is 36.5 Å². The van der Waals surface area contributed by atoms with E-state index in [4.69, 9.17) is 14.2 Å². The summed E-state index contributed by atoms with van der Waals surface area (Å²) < 4.78 is 16.7. The molecule has 0 N–H and O–H groups in total. The molecule has 1 atom stereocenters. The molecule has 1 saturated heterocycles. The number of para-hydroxylation sites is 1. The van der Waals surface area contributed by atoms with Crippen LogP contribution >= 0.6 is 0 Å². The maximum atomic E-state index is 13.2. The zero-order chi connectivity index (χ0) is 19.1. The summed E-state index contributed by atoms with van der Waals surface area (Å²) in [7, 11) is 1.65. The SMILES string of the molecule is CCOc1ccc(C(=O)N(Cc2ccccc2OC)CC2CCCO2)cc1. The quantitative estimate of drug-likeness (QED) is 0.708. The highest BCUT2D eigenvalue weighted by molar-refractivity contribution is 5.94. The van der Waals surface area contributed by atoms with E-state index in [1.807, 2.05) is 60.4 Å². The lowest BCUT2D eigenvalue weighted by atomic mass is 10.1. The van der Waals surface area contributed by atoms with Crippen LogP contribution in [0.15, 0.2) is 48.5 Å². The summed E-state index contributed by atoms with van der Waals surface area (Å²) in [6, 6.07) is 15.1. The van der Waals surface area contributed by atoms with Gasteiger partial charge in [-0.1, -0.05) is 18.2 Å². The number of nitrogens with zero attached hydrogens (tertiary/aromatic N) is 1. The molecule has 0 bridgehead atoms. The number of hydrogen-bond acceptors (Lipinski definition) is 4. The van der Waals surface area contributed by atoms with Gasteiger partial charge in [-0.2, -0.15) is 0 Å². The van der Waals surface area contributed by atoms with Gasteiger partial charge in [0.2, 0.25) is 0 Å². The molecule has 3 rings (SSSR count). The number of carbonyl (C=O) groups is 1. The molecule has 2 aromatic rings. The molecule has 0 saturated carbocycles. The fourth-order valence-electron chi connectivity index (χ4n) is 3.34. The highest BCUT2D eigenvalue weighted by Gasteiger charge is 2.24. The maximum absolute atomic E-state index is 13.2. The second-order valence-corrected chi connectivity index (χ2v) is 6.59. The minimum absolute atomic E-state index is 0.0144. The lowest BCUT2D eigenvalue weighted by Crippen LogP contribution is -2.37. The topological polar surface area (TPSA) is 48.0 Å². The van der Waals surface area contributed by atoms with Crippen LogP contribution in [0.25, 0.3) is 0 Å². The van der Waals surface area contributed by atoms with Crippen LogP contribution < -0.4 is 9.47 Å². The fourth-order valence-corrected chi connectivity index (χ4v) is 3.34. The second kappa shape index (κ2) is 9.42. The number of hydrogen-bond donors (Lipinski definition) is 0. The largest absolute Gasteiger partial charge is 0.496 e. The van der Waals surface area contributed by atoms with Crippen molar-refractivity contribution in [2.24, 2.45) is 0 Å². The number of amides is 1. The average molecular weight is 369 g/mol. The molecule has 27 heavy (non-hydrogen) atoms. The van der Waals surface area contributed by atoms with Crippen molar-refractivity contribution in [2.45, 2.75) is 32.4 Å². The predicted molar refractivity (Wildman–Crippen MR) is 104 cm³/mol. The first kappa shape index (κ1) is 19.2. The maximum Gasteiger partial charge on any atom is 0.254 e. The zero-order valence-corrected chi connectivity index (χ0v) is 16.0. The minimum atomic E-state index is -0.0144. The highest BCUT2D eigenvalue weighted by Crippen LogP contribution is 2.23. The van der Waals surface area contributed by atoms with E-state index in [9.17, 15) is 4.79 Å². The van der Waals surface area contributed by atoms with E-state index >= 15 is 0 Å². The van der Waals surface area contributed by atoms with E-state index in [1.54, 1.807) is 7.11 Å². The number of ether oxygens (including phenoxy) is 3. The van der Waals surface area contributed by atoms with Crippen molar-refractivity contribution < 1.29 is 19.0 Å². The Morgan fingerprint density at radius 1 is 1.19 bits per heavy atom. The summed E-state index contributed by atoms with van der Waals surface area (Å²) in [6.45, 7) is 4.37. The molecule has 1 amide bonds. The molecule has 5 heteroatoms. The lowest BCUT2D eigenvalue weighted by Gasteiger charge is -2.26. The Morgan fingerprint density at radius 3 is 2.63 bits per heavy atom. The van der Waals surface area contributed by atoms with Gasteiger partial charge < -0.3 is 19.1 Å². The first-order valence-corrected chi connectivity index (χ1v) is 9.47. The van der Waals surface area contributed by atoms with E-state index in [-0.39, 0.29) is 12.0 Å². The molecule has 1 aliphatic heterocycles. The molecular formula is C22H27NO4. The van der Waals surface area contributed by atoms with Crippen LogP contribution in [0.5, 0.6) is 11.5 Å². The van der Waals surface area contributed by atoms with Gasteiger partial charge in [0, 0.05) is 30.8 Å². The number of benzene rings is 2. The molecule has 0 radical (unpaired) electrons. The normalized spacial score (nSPS) is 16.1. The van der Waals surface area contributed by atoms with Crippen LogP contribution in [0.4, 0.5) is 0 Å².